The van der Waals surface area contributed by atoms with Crippen molar-refractivity contribution in [3.8, 4) is 0 Å². The Morgan fingerprint density at radius 2 is 1.45 bits per heavy atom. The fourth-order valence-electron chi connectivity index (χ4n) is 2.57. The van der Waals surface area contributed by atoms with Gasteiger partial charge in [-0.25, -0.2) is 0 Å². The first kappa shape index (κ1) is 13.5. The normalized spacial score (nSPS) is 13.2. The van der Waals surface area contributed by atoms with Gasteiger partial charge in [-0.1, -0.05) is 36.0 Å². The summed E-state index contributed by atoms with van der Waals surface area (Å²) in [4.78, 5) is 7.42. The fraction of sp³-hybridized carbons (Fsp3) is 0.294. The molecule has 0 amide bonds. The number of benzene rings is 2. The van der Waals surface area contributed by atoms with E-state index < -0.39 is 0 Å². The van der Waals surface area contributed by atoms with Crippen molar-refractivity contribution in [1.82, 2.24) is 4.90 Å². The van der Waals surface area contributed by atoms with Crippen LogP contribution in [0.4, 0.5) is 11.4 Å². The molecule has 104 valence electrons. The van der Waals surface area contributed by atoms with E-state index in [9.17, 15) is 0 Å². The van der Waals surface area contributed by atoms with Crippen LogP contribution in [0.15, 0.2) is 58.3 Å². The first-order chi connectivity index (χ1) is 9.75. The molecule has 0 bridgehead atoms. The van der Waals surface area contributed by atoms with Gasteiger partial charge < -0.3 is 9.80 Å². The maximum absolute atomic E-state index is 2.46. The molecule has 2 aromatic carbocycles. The van der Waals surface area contributed by atoms with Gasteiger partial charge in [-0.3, -0.25) is 0 Å². The Kier molecular flexibility index (Phi) is 3.99. The third-order valence-electron chi connectivity index (χ3n) is 3.52. The molecule has 0 atom stereocenters. The van der Waals surface area contributed by atoms with E-state index in [0.717, 1.165) is 13.1 Å². The summed E-state index contributed by atoms with van der Waals surface area (Å²) in [7, 11) is 4.27. The Morgan fingerprint density at radius 1 is 0.900 bits per heavy atom. The van der Waals surface area contributed by atoms with Crippen LogP contribution in [0.2, 0.25) is 0 Å². The number of para-hydroxylation sites is 2. The summed E-state index contributed by atoms with van der Waals surface area (Å²) in [5, 5.41) is 0. The van der Waals surface area contributed by atoms with Crippen LogP contribution in [0.3, 0.4) is 0 Å². The zero-order valence-electron chi connectivity index (χ0n) is 12.0. The molecule has 0 spiro atoms. The summed E-state index contributed by atoms with van der Waals surface area (Å²) in [6.07, 6.45) is 1.17. The Balaban J connectivity index is 1.91. The van der Waals surface area contributed by atoms with Crippen LogP contribution in [-0.4, -0.2) is 32.1 Å². The van der Waals surface area contributed by atoms with Gasteiger partial charge in [-0.15, -0.1) is 0 Å². The quantitative estimate of drug-likeness (QED) is 0.828. The van der Waals surface area contributed by atoms with Gasteiger partial charge in [0.2, 0.25) is 0 Å². The molecule has 0 fully saturated rings. The maximum Gasteiger partial charge on any atom is 0.0552 e. The minimum atomic E-state index is 1.06. The Labute approximate surface area is 125 Å². The Hall–Kier alpha value is -1.45. The second-order valence-electron chi connectivity index (χ2n) is 5.35. The maximum atomic E-state index is 2.46. The summed E-state index contributed by atoms with van der Waals surface area (Å²) in [5.41, 5.74) is 2.69. The van der Waals surface area contributed by atoms with Gasteiger partial charge in [0.05, 0.1) is 11.4 Å². The van der Waals surface area contributed by atoms with E-state index in [-0.39, 0.29) is 0 Å². The lowest BCUT2D eigenvalue weighted by Gasteiger charge is -2.33. The molecule has 0 N–H and O–H groups in total. The lowest BCUT2D eigenvalue weighted by atomic mass is 10.2. The van der Waals surface area contributed by atoms with Crippen molar-refractivity contribution < 1.29 is 0 Å². The van der Waals surface area contributed by atoms with E-state index in [2.05, 4.69) is 72.4 Å². The zero-order chi connectivity index (χ0) is 13.9. The molecule has 0 unspecified atom stereocenters. The average molecular weight is 283 g/mol. The highest BCUT2D eigenvalue weighted by atomic mass is 32.2. The molecule has 3 heteroatoms. The first-order valence-corrected chi connectivity index (χ1v) is 7.85. The molecule has 0 saturated carbocycles. The van der Waals surface area contributed by atoms with E-state index in [1.54, 1.807) is 0 Å². The summed E-state index contributed by atoms with van der Waals surface area (Å²) < 4.78 is 0. The van der Waals surface area contributed by atoms with Crippen molar-refractivity contribution in [1.29, 1.82) is 0 Å². The molecular weight excluding hydrogens is 263 g/mol. The third-order valence-corrected chi connectivity index (χ3v) is 4.65. The molecule has 1 heterocycles. The molecular formula is C17H20N2S. The van der Waals surface area contributed by atoms with Crippen molar-refractivity contribution in [2.75, 3.05) is 32.1 Å². The van der Waals surface area contributed by atoms with Gasteiger partial charge in [0.15, 0.2) is 0 Å². The van der Waals surface area contributed by atoms with Gasteiger partial charge in [0.25, 0.3) is 0 Å². The number of hydrogen-bond acceptors (Lipinski definition) is 3. The SMILES string of the molecule is CN([11CH3])CCCN1c2ccccc2Sc2ccccc21. The Morgan fingerprint density at radius 3 is 2.00 bits per heavy atom. The van der Waals surface area contributed by atoms with Gasteiger partial charge in [0, 0.05) is 16.3 Å². The largest absolute Gasteiger partial charge is 0.340 e. The average Bonchev–Trinajstić information content (AvgIpc) is 2.46. The van der Waals surface area contributed by atoms with Crippen LogP contribution in [-0.2, 0) is 0 Å². The molecule has 2 nitrogen and oxygen atoms in total. The number of anilines is 2. The smallest absolute Gasteiger partial charge is 0.0552 e. The molecule has 0 aromatic heterocycles. The van der Waals surface area contributed by atoms with Crippen LogP contribution in [0.25, 0.3) is 0 Å². The van der Waals surface area contributed by atoms with Crippen LogP contribution in [0.1, 0.15) is 6.42 Å². The fourth-order valence-corrected chi connectivity index (χ4v) is 3.66. The number of hydrogen-bond donors (Lipinski definition) is 0. The molecule has 0 radical (unpaired) electrons. The highest BCUT2D eigenvalue weighted by Crippen LogP contribution is 2.47. The van der Waals surface area contributed by atoms with Crippen molar-refractivity contribution in [3.63, 3.8) is 0 Å². The van der Waals surface area contributed by atoms with Crippen molar-refractivity contribution >= 4 is 23.1 Å². The van der Waals surface area contributed by atoms with Gasteiger partial charge in [0.1, 0.15) is 0 Å². The summed E-state index contributed by atoms with van der Waals surface area (Å²) >= 11 is 1.87. The monoisotopic (exact) mass is 283 g/mol. The van der Waals surface area contributed by atoms with E-state index in [1.165, 1.54) is 27.6 Å². The van der Waals surface area contributed by atoms with Gasteiger partial charge in [-0.2, -0.15) is 0 Å². The van der Waals surface area contributed by atoms with Crippen molar-refractivity contribution in [2.24, 2.45) is 0 Å². The molecule has 0 saturated heterocycles. The topological polar surface area (TPSA) is 6.48 Å². The van der Waals surface area contributed by atoms with Crippen LogP contribution in [0, 0.1) is 0 Å². The minimum absolute atomic E-state index is 1.06. The molecule has 1 aliphatic rings. The summed E-state index contributed by atoms with van der Waals surface area (Å²) in [6, 6.07) is 17.4. The van der Waals surface area contributed by atoms with Crippen molar-refractivity contribution in [2.45, 2.75) is 16.2 Å². The van der Waals surface area contributed by atoms with Gasteiger partial charge in [-0.05, 0) is 51.3 Å². The van der Waals surface area contributed by atoms with Gasteiger partial charge >= 0.3 is 0 Å². The predicted molar refractivity (Wildman–Crippen MR) is 87.2 cm³/mol. The number of rotatable bonds is 4. The summed E-state index contributed by atoms with van der Waals surface area (Å²) in [6.45, 7) is 2.18. The highest BCUT2D eigenvalue weighted by Gasteiger charge is 2.22. The predicted octanol–water partition coefficient (Wildman–Crippen LogP) is 4.24. The lowest BCUT2D eigenvalue weighted by Crippen LogP contribution is -2.25. The second kappa shape index (κ2) is 5.90. The van der Waals surface area contributed by atoms with Crippen LogP contribution >= 0.6 is 11.8 Å². The van der Waals surface area contributed by atoms with E-state index in [1.807, 2.05) is 11.8 Å². The number of nitrogens with zero attached hydrogens (tertiary/aromatic N) is 2. The molecule has 1 aliphatic heterocycles. The van der Waals surface area contributed by atoms with E-state index >= 15 is 0 Å². The van der Waals surface area contributed by atoms with E-state index in [0.29, 0.717) is 0 Å². The Bertz CT molecular complexity index is 550. The molecule has 20 heavy (non-hydrogen) atoms. The van der Waals surface area contributed by atoms with Crippen LogP contribution in [0.5, 0.6) is 0 Å². The number of fused-ring (bicyclic) bond motifs is 2. The standard InChI is InChI=1S/C17H20N2S/c1-18(2)12-7-13-19-14-8-3-5-10-16(14)20-17-11-6-4-9-15(17)19/h3-6,8-11H,7,12-13H2,1-2H3/i1-1. The third kappa shape index (κ3) is 2.69. The van der Waals surface area contributed by atoms with Crippen LogP contribution < -0.4 is 4.90 Å². The van der Waals surface area contributed by atoms with E-state index in [4.69, 9.17) is 0 Å². The van der Waals surface area contributed by atoms with Crippen molar-refractivity contribution in [3.05, 3.63) is 48.5 Å². The zero-order valence-corrected chi connectivity index (χ0v) is 12.9. The molecule has 3 rings (SSSR count). The highest BCUT2D eigenvalue weighted by molar-refractivity contribution is 7.99. The summed E-state index contributed by atoms with van der Waals surface area (Å²) in [5.74, 6) is 0. The molecule has 0 aliphatic carbocycles. The lowest BCUT2D eigenvalue weighted by molar-refractivity contribution is 0.402. The minimum Gasteiger partial charge on any atom is -0.340 e. The second-order valence-corrected chi connectivity index (χ2v) is 6.43. The molecule has 2 aromatic rings. The first-order valence-electron chi connectivity index (χ1n) is 7.04.